The Labute approximate surface area is 184 Å². The molecule has 0 spiro atoms. The van der Waals surface area contributed by atoms with Gasteiger partial charge in [-0.3, -0.25) is 34.2 Å². The van der Waals surface area contributed by atoms with E-state index in [2.05, 4.69) is 10.6 Å². The second-order valence-corrected chi connectivity index (χ2v) is 8.21. The molecule has 2 aromatic rings. The van der Waals surface area contributed by atoms with Gasteiger partial charge in [0.25, 0.3) is 17.7 Å². The summed E-state index contributed by atoms with van der Waals surface area (Å²) in [6.45, 7) is 2.36. The summed E-state index contributed by atoms with van der Waals surface area (Å²) in [5.41, 5.74) is 2.94. The topological polar surface area (TPSA) is 118 Å². The lowest BCUT2D eigenvalue weighted by molar-refractivity contribution is -0.136. The molecule has 0 aliphatic carbocycles. The molecule has 166 valence electrons. The van der Waals surface area contributed by atoms with Gasteiger partial charge in [0.2, 0.25) is 11.8 Å². The average Bonchev–Trinajstić information content (AvgIpc) is 3.21. The number of fused-ring (bicyclic) bond motifs is 1. The fourth-order valence-electron chi connectivity index (χ4n) is 4.22. The lowest BCUT2D eigenvalue weighted by Crippen LogP contribution is -2.54. The number of aryl methyl sites for hydroxylation is 3. The Morgan fingerprint density at radius 3 is 2.56 bits per heavy atom. The number of carbonyl (C=O) groups is 5. The molecule has 2 aliphatic heterocycles. The Morgan fingerprint density at radius 1 is 1.12 bits per heavy atom. The first kappa shape index (κ1) is 21.5. The zero-order valence-corrected chi connectivity index (χ0v) is 17.9. The summed E-state index contributed by atoms with van der Waals surface area (Å²) < 4.78 is 1.84. The quantitative estimate of drug-likeness (QED) is 0.519. The van der Waals surface area contributed by atoms with E-state index >= 15 is 0 Å². The number of nitrogens with one attached hydrogen (secondary N) is 2. The van der Waals surface area contributed by atoms with Crippen LogP contribution in [0.5, 0.6) is 0 Å². The van der Waals surface area contributed by atoms with Gasteiger partial charge in [-0.2, -0.15) is 0 Å². The van der Waals surface area contributed by atoms with Crippen molar-refractivity contribution in [3.05, 3.63) is 58.4 Å². The summed E-state index contributed by atoms with van der Waals surface area (Å²) in [4.78, 5) is 62.4. The van der Waals surface area contributed by atoms with E-state index in [0.717, 1.165) is 16.0 Å². The van der Waals surface area contributed by atoms with E-state index in [1.165, 1.54) is 0 Å². The highest BCUT2D eigenvalue weighted by Gasteiger charge is 2.44. The number of imide groups is 2. The minimum absolute atomic E-state index is 0.0866. The Hall–Kier alpha value is -3.75. The zero-order valence-electron chi connectivity index (χ0n) is 17.9. The molecular weight excluding hydrogens is 412 g/mol. The van der Waals surface area contributed by atoms with Crippen LogP contribution in [0.3, 0.4) is 0 Å². The van der Waals surface area contributed by atoms with Gasteiger partial charge in [-0.1, -0.05) is 6.07 Å². The number of aromatic nitrogens is 1. The molecule has 1 saturated heterocycles. The van der Waals surface area contributed by atoms with Crippen molar-refractivity contribution < 1.29 is 24.0 Å². The van der Waals surface area contributed by atoms with Crippen molar-refractivity contribution in [1.29, 1.82) is 0 Å². The van der Waals surface area contributed by atoms with E-state index < -0.39 is 29.7 Å². The molecule has 4 rings (SSSR count). The van der Waals surface area contributed by atoms with Crippen LogP contribution in [-0.2, 0) is 23.1 Å². The number of rotatable bonds is 6. The van der Waals surface area contributed by atoms with E-state index in [-0.39, 0.29) is 29.9 Å². The number of nitrogens with zero attached hydrogens (tertiary/aromatic N) is 2. The fourth-order valence-corrected chi connectivity index (χ4v) is 4.22. The number of benzene rings is 1. The third-order valence-electron chi connectivity index (χ3n) is 5.83. The minimum atomic E-state index is -0.972. The van der Waals surface area contributed by atoms with Gasteiger partial charge in [0.1, 0.15) is 6.04 Å². The molecule has 1 unspecified atom stereocenters. The van der Waals surface area contributed by atoms with Gasteiger partial charge < -0.3 is 9.88 Å². The third kappa shape index (κ3) is 3.93. The molecule has 0 saturated carbocycles. The first-order valence-corrected chi connectivity index (χ1v) is 10.5. The molecule has 1 atom stereocenters. The van der Waals surface area contributed by atoms with Gasteiger partial charge >= 0.3 is 0 Å². The highest BCUT2D eigenvalue weighted by Crippen LogP contribution is 2.28. The molecule has 2 N–H and O–H groups in total. The maximum Gasteiger partial charge on any atom is 0.262 e. The largest absolute Gasteiger partial charge is 0.356 e. The average molecular weight is 436 g/mol. The summed E-state index contributed by atoms with van der Waals surface area (Å²) in [5.74, 6) is -2.19. The van der Waals surface area contributed by atoms with Crippen LogP contribution in [0, 0.1) is 6.92 Å². The monoisotopic (exact) mass is 436 g/mol. The predicted octanol–water partition coefficient (Wildman–Crippen LogP) is 1.10. The fraction of sp³-hybridized carbons (Fsp3) is 0.348. The van der Waals surface area contributed by atoms with Crippen molar-refractivity contribution in [3.8, 4) is 0 Å². The van der Waals surface area contributed by atoms with Crippen LogP contribution in [0.1, 0.15) is 61.5 Å². The lowest BCUT2D eigenvalue weighted by Gasteiger charge is -2.27. The van der Waals surface area contributed by atoms with Gasteiger partial charge in [0.15, 0.2) is 0 Å². The highest BCUT2D eigenvalue weighted by molar-refractivity contribution is 6.23. The summed E-state index contributed by atoms with van der Waals surface area (Å²) >= 11 is 0. The minimum Gasteiger partial charge on any atom is -0.356 e. The van der Waals surface area contributed by atoms with Crippen LogP contribution in [0.4, 0.5) is 0 Å². The van der Waals surface area contributed by atoms with Crippen LogP contribution in [-0.4, -0.2) is 51.6 Å². The SMILES string of the molecule is Cc1cn(C)cc1C(=O)NCCCc1ccc2c(c1)C(=O)N(C1CCC(=O)NC1=O)C2=O. The number of piperidine rings is 1. The molecule has 3 heterocycles. The number of amides is 5. The molecule has 9 heteroatoms. The number of hydrogen-bond acceptors (Lipinski definition) is 5. The number of carbonyl (C=O) groups excluding carboxylic acids is 5. The van der Waals surface area contributed by atoms with Gasteiger partial charge in [-0.25, -0.2) is 0 Å². The zero-order chi connectivity index (χ0) is 23.0. The Kier molecular flexibility index (Phi) is 5.65. The highest BCUT2D eigenvalue weighted by atomic mass is 16.2. The smallest absolute Gasteiger partial charge is 0.262 e. The maximum absolute atomic E-state index is 12.9. The van der Waals surface area contributed by atoms with Crippen LogP contribution in [0.15, 0.2) is 30.6 Å². The van der Waals surface area contributed by atoms with Gasteiger partial charge in [-0.15, -0.1) is 0 Å². The predicted molar refractivity (Wildman–Crippen MR) is 114 cm³/mol. The summed E-state index contributed by atoms with van der Waals surface area (Å²) in [5, 5.41) is 5.08. The normalized spacial score (nSPS) is 18.1. The van der Waals surface area contributed by atoms with E-state index in [1.54, 1.807) is 24.4 Å². The van der Waals surface area contributed by atoms with Gasteiger partial charge in [0, 0.05) is 32.4 Å². The van der Waals surface area contributed by atoms with E-state index in [4.69, 9.17) is 0 Å². The first-order chi connectivity index (χ1) is 15.3. The van der Waals surface area contributed by atoms with Crippen LogP contribution in [0.2, 0.25) is 0 Å². The molecule has 1 aromatic carbocycles. The molecule has 5 amide bonds. The van der Waals surface area contributed by atoms with Crippen molar-refractivity contribution in [1.82, 2.24) is 20.1 Å². The maximum atomic E-state index is 12.9. The lowest BCUT2D eigenvalue weighted by atomic mass is 10.0. The number of hydrogen-bond donors (Lipinski definition) is 2. The Bertz CT molecular complexity index is 1150. The van der Waals surface area contributed by atoms with Gasteiger partial charge in [-0.05, 0) is 49.4 Å². The summed E-state index contributed by atoms with van der Waals surface area (Å²) in [6, 6.07) is 4.08. The van der Waals surface area contributed by atoms with Crippen LogP contribution in [0.25, 0.3) is 0 Å². The molecule has 1 aromatic heterocycles. The Balaban J connectivity index is 1.37. The molecule has 9 nitrogen and oxygen atoms in total. The molecule has 0 bridgehead atoms. The standard InChI is InChI=1S/C23H24N4O5/c1-13-11-26(2)12-17(13)20(29)24-9-3-4-14-5-6-15-16(10-14)23(32)27(22(15)31)18-7-8-19(28)25-21(18)30/h5-6,10-12,18H,3-4,7-9H2,1-2H3,(H,24,29)(H,25,28,30). The van der Waals surface area contributed by atoms with E-state index in [1.807, 2.05) is 24.7 Å². The van der Waals surface area contributed by atoms with Gasteiger partial charge in [0.05, 0.1) is 16.7 Å². The van der Waals surface area contributed by atoms with Crippen molar-refractivity contribution in [3.63, 3.8) is 0 Å². The third-order valence-corrected chi connectivity index (χ3v) is 5.83. The Morgan fingerprint density at radius 2 is 1.88 bits per heavy atom. The molecular formula is C23H24N4O5. The van der Waals surface area contributed by atoms with Crippen molar-refractivity contribution in [2.24, 2.45) is 7.05 Å². The van der Waals surface area contributed by atoms with Crippen molar-refractivity contribution in [2.75, 3.05) is 6.54 Å². The van der Waals surface area contributed by atoms with E-state index in [9.17, 15) is 24.0 Å². The van der Waals surface area contributed by atoms with Crippen molar-refractivity contribution in [2.45, 2.75) is 38.6 Å². The second-order valence-electron chi connectivity index (χ2n) is 8.21. The first-order valence-electron chi connectivity index (χ1n) is 10.5. The molecule has 1 fully saturated rings. The second kappa shape index (κ2) is 8.41. The van der Waals surface area contributed by atoms with Crippen molar-refractivity contribution >= 4 is 29.5 Å². The molecule has 2 aliphatic rings. The summed E-state index contributed by atoms with van der Waals surface area (Å²) in [6.07, 6.45) is 5.15. The van der Waals surface area contributed by atoms with E-state index in [0.29, 0.717) is 24.9 Å². The van der Waals surface area contributed by atoms with Crippen LogP contribution < -0.4 is 10.6 Å². The molecule has 0 radical (unpaired) electrons. The summed E-state index contributed by atoms with van der Waals surface area (Å²) in [7, 11) is 1.87. The molecule has 32 heavy (non-hydrogen) atoms. The van der Waals surface area contributed by atoms with Crippen LogP contribution >= 0.6 is 0 Å².